The van der Waals surface area contributed by atoms with E-state index >= 15 is 0 Å². The number of carbonyl (C=O) groups excluding carboxylic acids is 1. The molecular weight excluding hydrogens is 164 g/mol. The molecule has 0 aromatic heterocycles. The molecule has 0 aromatic carbocycles. The summed E-state index contributed by atoms with van der Waals surface area (Å²) in [4.78, 5) is 13.0. The first kappa shape index (κ1) is 10.5. The van der Waals surface area contributed by atoms with Crippen LogP contribution in [0.25, 0.3) is 0 Å². The average molecular weight is 184 g/mol. The van der Waals surface area contributed by atoms with E-state index in [0.29, 0.717) is 0 Å². The van der Waals surface area contributed by atoms with Crippen LogP contribution in [0.15, 0.2) is 0 Å². The molecule has 3 nitrogen and oxygen atoms in total. The molecule has 0 aromatic rings. The predicted molar refractivity (Wildman–Crippen MR) is 53.5 cm³/mol. The first-order chi connectivity index (χ1) is 6.18. The van der Waals surface area contributed by atoms with Gasteiger partial charge in [-0.1, -0.05) is 0 Å². The van der Waals surface area contributed by atoms with Gasteiger partial charge in [0, 0.05) is 20.0 Å². The van der Waals surface area contributed by atoms with Crippen molar-refractivity contribution in [2.75, 3.05) is 26.7 Å². The highest BCUT2D eigenvalue weighted by molar-refractivity contribution is 5.72. The third kappa shape index (κ3) is 4.27. The molecule has 0 aliphatic carbocycles. The summed E-state index contributed by atoms with van der Waals surface area (Å²) in [5, 5.41) is 2.85. The Hall–Kier alpha value is -0.570. The van der Waals surface area contributed by atoms with E-state index in [1.165, 1.54) is 25.9 Å². The molecule has 1 saturated heterocycles. The standard InChI is InChI=1S/C10H20N2O/c1-9(13)11-6-5-10-4-3-7-12(2)8-10/h10H,3-8H2,1-2H3,(H,11,13). The summed E-state index contributed by atoms with van der Waals surface area (Å²) >= 11 is 0. The Morgan fingerprint density at radius 2 is 2.38 bits per heavy atom. The van der Waals surface area contributed by atoms with Crippen LogP contribution in [0.2, 0.25) is 0 Å². The molecule has 1 heterocycles. The minimum atomic E-state index is 0.0872. The lowest BCUT2D eigenvalue weighted by atomic mass is 9.95. The van der Waals surface area contributed by atoms with Crippen LogP contribution >= 0.6 is 0 Å². The Bertz CT molecular complexity index is 170. The van der Waals surface area contributed by atoms with Crippen LogP contribution < -0.4 is 5.32 Å². The number of likely N-dealkylation sites (tertiary alicyclic amines) is 1. The molecule has 13 heavy (non-hydrogen) atoms. The Balaban J connectivity index is 2.10. The van der Waals surface area contributed by atoms with Crippen LogP contribution in [0.3, 0.4) is 0 Å². The van der Waals surface area contributed by atoms with Crippen molar-refractivity contribution in [1.29, 1.82) is 0 Å². The van der Waals surface area contributed by atoms with Gasteiger partial charge in [-0.2, -0.15) is 0 Å². The Labute approximate surface area is 80.5 Å². The number of nitrogens with zero attached hydrogens (tertiary/aromatic N) is 1. The van der Waals surface area contributed by atoms with Crippen LogP contribution in [0.1, 0.15) is 26.2 Å². The largest absolute Gasteiger partial charge is 0.356 e. The number of piperidine rings is 1. The van der Waals surface area contributed by atoms with Crippen molar-refractivity contribution in [2.24, 2.45) is 5.92 Å². The van der Waals surface area contributed by atoms with E-state index in [1.54, 1.807) is 6.92 Å². The number of rotatable bonds is 3. The number of amides is 1. The molecule has 1 atom stereocenters. The van der Waals surface area contributed by atoms with Gasteiger partial charge in [0.2, 0.25) is 5.91 Å². The van der Waals surface area contributed by atoms with Crippen molar-refractivity contribution < 1.29 is 4.79 Å². The van der Waals surface area contributed by atoms with E-state index in [-0.39, 0.29) is 5.91 Å². The van der Waals surface area contributed by atoms with Crippen molar-refractivity contribution in [2.45, 2.75) is 26.2 Å². The second-order valence-electron chi connectivity index (χ2n) is 4.04. The summed E-state index contributed by atoms with van der Waals surface area (Å²) in [7, 11) is 2.17. The monoisotopic (exact) mass is 184 g/mol. The van der Waals surface area contributed by atoms with Gasteiger partial charge in [-0.05, 0) is 38.8 Å². The third-order valence-corrected chi connectivity index (χ3v) is 2.65. The van der Waals surface area contributed by atoms with Crippen molar-refractivity contribution in [3.63, 3.8) is 0 Å². The molecule has 0 saturated carbocycles. The van der Waals surface area contributed by atoms with Gasteiger partial charge < -0.3 is 10.2 Å². The van der Waals surface area contributed by atoms with E-state index < -0.39 is 0 Å². The summed E-state index contributed by atoms with van der Waals surface area (Å²) < 4.78 is 0. The molecular formula is C10H20N2O. The van der Waals surface area contributed by atoms with Gasteiger partial charge in [-0.15, -0.1) is 0 Å². The normalized spacial score (nSPS) is 24.3. The molecule has 3 heteroatoms. The van der Waals surface area contributed by atoms with Crippen molar-refractivity contribution in [3.8, 4) is 0 Å². The predicted octanol–water partition coefficient (Wildman–Crippen LogP) is 0.854. The molecule has 1 unspecified atom stereocenters. The minimum absolute atomic E-state index is 0.0872. The van der Waals surface area contributed by atoms with Gasteiger partial charge in [0.15, 0.2) is 0 Å². The number of hydrogen-bond donors (Lipinski definition) is 1. The summed E-state index contributed by atoms with van der Waals surface area (Å²) in [5.41, 5.74) is 0. The van der Waals surface area contributed by atoms with E-state index in [4.69, 9.17) is 0 Å². The number of nitrogens with one attached hydrogen (secondary N) is 1. The lowest BCUT2D eigenvalue weighted by molar-refractivity contribution is -0.119. The molecule has 1 N–H and O–H groups in total. The van der Waals surface area contributed by atoms with Crippen molar-refractivity contribution in [1.82, 2.24) is 10.2 Å². The van der Waals surface area contributed by atoms with Gasteiger partial charge in [-0.25, -0.2) is 0 Å². The van der Waals surface area contributed by atoms with Crippen molar-refractivity contribution in [3.05, 3.63) is 0 Å². The summed E-state index contributed by atoms with van der Waals surface area (Å²) in [6, 6.07) is 0. The average Bonchev–Trinajstić information content (AvgIpc) is 2.03. The summed E-state index contributed by atoms with van der Waals surface area (Å²) in [5.74, 6) is 0.870. The van der Waals surface area contributed by atoms with E-state index in [1.807, 2.05) is 0 Å². The van der Waals surface area contributed by atoms with E-state index in [2.05, 4.69) is 17.3 Å². The number of carbonyl (C=O) groups is 1. The second kappa shape index (κ2) is 5.22. The highest BCUT2D eigenvalue weighted by atomic mass is 16.1. The molecule has 0 bridgehead atoms. The first-order valence-electron chi connectivity index (χ1n) is 5.11. The van der Waals surface area contributed by atoms with Crippen LogP contribution in [-0.4, -0.2) is 37.5 Å². The zero-order valence-electron chi connectivity index (χ0n) is 8.68. The topological polar surface area (TPSA) is 32.3 Å². The van der Waals surface area contributed by atoms with E-state index in [0.717, 1.165) is 18.9 Å². The molecule has 1 amide bonds. The van der Waals surface area contributed by atoms with Gasteiger partial charge >= 0.3 is 0 Å². The van der Waals surface area contributed by atoms with Gasteiger partial charge in [-0.3, -0.25) is 4.79 Å². The van der Waals surface area contributed by atoms with Crippen LogP contribution in [0.5, 0.6) is 0 Å². The zero-order valence-corrected chi connectivity index (χ0v) is 8.68. The van der Waals surface area contributed by atoms with Gasteiger partial charge in [0.25, 0.3) is 0 Å². The van der Waals surface area contributed by atoms with Crippen LogP contribution in [0, 0.1) is 5.92 Å². The fraction of sp³-hybridized carbons (Fsp3) is 0.900. The zero-order chi connectivity index (χ0) is 9.68. The smallest absolute Gasteiger partial charge is 0.216 e. The molecule has 0 spiro atoms. The third-order valence-electron chi connectivity index (χ3n) is 2.65. The molecule has 1 aliphatic rings. The highest BCUT2D eigenvalue weighted by Gasteiger charge is 2.16. The second-order valence-corrected chi connectivity index (χ2v) is 4.04. The fourth-order valence-electron chi connectivity index (χ4n) is 1.96. The lowest BCUT2D eigenvalue weighted by Crippen LogP contribution is -2.34. The maximum atomic E-state index is 10.6. The molecule has 0 radical (unpaired) electrons. The maximum Gasteiger partial charge on any atom is 0.216 e. The molecule has 1 aliphatic heterocycles. The van der Waals surface area contributed by atoms with Crippen LogP contribution in [-0.2, 0) is 4.79 Å². The lowest BCUT2D eigenvalue weighted by Gasteiger charge is -2.29. The highest BCUT2D eigenvalue weighted by Crippen LogP contribution is 2.17. The van der Waals surface area contributed by atoms with Gasteiger partial charge in [0.1, 0.15) is 0 Å². The SMILES string of the molecule is CC(=O)NCCC1CCCN(C)C1. The Kier molecular flexibility index (Phi) is 4.22. The number of hydrogen-bond acceptors (Lipinski definition) is 2. The summed E-state index contributed by atoms with van der Waals surface area (Å²) in [6.07, 6.45) is 3.76. The molecule has 76 valence electrons. The fourth-order valence-corrected chi connectivity index (χ4v) is 1.96. The quantitative estimate of drug-likeness (QED) is 0.705. The van der Waals surface area contributed by atoms with Gasteiger partial charge in [0.05, 0.1) is 0 Å². The van der Waals surface area contributed by atoms with Crippen molar-refractivity contribution >= 4 is 5.91 Å². The van der Waals surface area contributed by atoms with E-state index in [9.17, 15) is 4.79 Å². The Morgan fingerprint density at radius 3 is 3.00 bits per heavy atom. The minimum Gasteiger partial charge on any atom is -0.356 e. The maximum absolute atomic E-state index is 10.6. The first-order valence-corrected chi connectivity index (χ1v) is 5.11. The Morgan fingerprint density at radius 1 is 1.62 bits per heavy atom. The molecule has 1 rings (SSSR count). The summed E-state index contributed by atoms with van der Waals surface area (Å²) in [6.45, 7) is 4.84. The molecule has 1 fully saturated rings. The van der Waals surface area contributed by atoms with Crippen LogP contribution in [0.4, 0.5) is 0 Å².